The maximum Gasteiger partial charge on any atom is 0.269 e. The first-order valence-corrected chi connectivity index (χ1v) is 4.99. The molecule has 0 fully saturated rings. The number of aromatic nitrogens is 2. The van der Waals surface area contributed by atoms with Gasteiger partial charge in [0, 0.05) is 17.7 Å². The minimum absolute atomic E-state index is 0.0833. The predicted molar refractivity (Wildman–Crippen MR) is 56.7 cm³/mol. The molecule has 2 aromatic rings. The normalized spacial score (nSPS) is 10.2. The number of rotatable bonds is 2. The molecule has 0 amide bonds. The molecule has 0 atom stereocenters. The van der Waals surface area contributed by atoms with E-state index >= 15 is 0 Å². The summed E-state index contributed by atoms with van der Waals surface area (Å²) in [5.41, 5.74) is 0.936. The van der Waals surface area contributed by atoms with E-state index in [4.69, 9.17) is 0 Å². The average Bonchev–Trinajstić information content (AvgIpc) is 2.65. The van der Waals surface area contributed by atoms with Gasteiger partial charge in [-0.05, 0) is 30.6 Å². The van der Waals surface area contributed by atoms with Crippen molar-refractivity contribution in [3.63, 3.8) is 0 Å². The van der Waals surface area contributed by atoms with Crippen LogP contribution < -0.4 is 0 Å². The molecular weight excluding hydrogens is 214 g/mol. The van der Waals surface area contributed by atoms with E-state index in [1.807, 2.05) is 6.92 Å². The van der Waals surface area contributed by atoms with Crippen molar-refractivity contribution in [3.05, 3.63) is 40.2 Å². The van der Waals surface area contributed by atoms with Crippen molar-refractivity contribution < 1.29 is 4.92 Å². The fourth-order valence-corrected chi connectivity index (χ4v) is 1.81. The molecule has 1 heterocycles. The van der Waals surface area contributed by atoms with Gasteiger partial charge in [0.15, 0.2) is 0 Å². The lowest BCUT2D eigenvalue weighted by atomic mass is 10.2. The number of hydrogen-bond donors (Lipinski definition) is 0. The van der Waals surface area contributed by atoms with Crippen molar-refractivity contribution >= 4 is 17.2 Å². The number of nitrogens with zero attached hydrogens (tertiary/aromatic N) is 3. The minimum Gasteiger partial charge on any atom is -0.258 e. The van der Waals surface area contributed by atoms with Gasteiger partial charge >= 0.3 is 0 Å². The Bertz CT molecular complexity index is 492. The summed E-state index contributed by atoms with van der Waals surface area (Å²) in [6, 6.07) is 6.29. The molecule has 15 heavy (non-hydrogen) atoms. The van der Waals surface area contributed by atoms with Crippen LogP contribution >= 0.6 is 11.5 Å². The lowest BCUT2D eigenvalue weighted by Crippen LogP contribution is -1.86. The van der Waals surface area contributed by atoms with Gasteiger partial charge in [0.2, 0.25) is 0 Å². The van der Waals surface area contributed by atoms with Crippen LogP contribution in [0.3, 0.4) is 0 Å². The van der Waals surface area contributed by atoms with Crippen LogP contribution in [0.2, 0.25) is 0 Å². The number of aryl methyl sites for hydroxylation is 1. The lowest BCUT2D eigenvalue weighted by molar-refractivity contribution is -0.384. The maximum absolute atomic E-state index is 10.4. The summed E-state index contributed by atoms with van der Waals surface area (Å²) in [6.07, 6.45) is 0. The predicted octanol–water partition coefficient (Wildman–Crippen LogP) is 2.42. The van der Waals surface area contributed by atoms with Crippen LogP contribution in [-0.4, -0.2) is 14.3 Å². The molecule has 0 aliphatic carbocycles. The Labute approximate surface area is 89.7 Å². The first-order valence-electron chi connectivity index (χ1n) is 4.22. The van der Waals surface area contributed by atoms with E-state index < -0.39 is 4.92 Å². The molecule has 0 saturated carbocycles. The van der Waals surface area contributed by atoms with Gasteiger partial charge in [0.1, 0.15) is 10.8 Å². The number of nitro benzene ring substituents is 1. The zero-order valence-corrected chi connectivity index (χ0v) is 8.69. The summed E-state index contributed by atoms with van der Waals surface area (Å²) in [5.74, 6) is 0.716. The smallest absolute Gasteiger partial charge is 0.258 e. The van der Waals surface area contributed by atoms with Crippen LogP contribution in [0.5, 0.6) is 0 Å². The van der Waals surface area contributed by atoms with Gasteiger partial charge in [-0.2, -0.15) is 4.37 Å². The Hall–Kier alpha value is -1.82. The Balaban J connectivity index is 2.35. The van der Waals surface area contributed by atoms with E-state index in [1.165, 1.54) is 23.7 Å². The molecule has 0 spiro atoms. The van der Waals surface area contributed by atoms with Gasteiger partial charge in [-0.25, -0.2) is 4.98 Å². The van der Waals surface area contributed by atoms with Crippen molar-refractivity contribution in [3.8, 4) is 10.6 Å². The number of hydrogen-bond acceptors (Lipinski definition) is 5. The average molecular weight is 221 g/mol. The molecule has 0 radical (unpaired) electrons. The summed E-state index contributed by atoms with van der Waals surface area (Å²) in [4.78, 5) is 14.2. The Morgan fingerprint density at radius 3 is 2.47 bits per heavy atom. The van der Waals surface area contributed by atoms with Gasteiger partial charge in [-0.3, -0.25) is 10.1 Å². The number of benzene rings is 1. The standard InChI is InChI=1S/C9H7N3O2S/c1-6-10-9(15-11-6)7-2-4-8(5-3-7)12(13)14/h2-5H,1H3. The second kappa shape index (κ2) is 3.74. The Kier molecular flexibility index (Phi) is 2.42. The highest BCUT2D eigenvalue weighted by Gasteiger charge is 2.07. The second-order valence-corrected chi connectivity index (χ2v) is 3.70. The zero-order valence-electron chi connectivity index (χ0n) is 7.88. The molecule has 0 unspecified atom stereocenters. The number of non-ortho nitro benzene ring substituents is 1. The van der Waals surface area contributed by atoms with Gasteiger partial charge in [0.05, 0.1) is 4.92 Å². The fraction of sp³-hybridized carbons (Fsp3) is 0.111. The highest BCUT2D eigenvalue weighted by molar-refractivity contribution is 7.09. The first-order chi connectivity index (χ1) is 7.16. The molecule has 1 aromatic heterocycles. The lowest BCUT2D eigenvalue weighted by Gasteiger charge is -1.94. The van der Waals surface area contributed by atoms with Gasteiger partial charge in [-0.15, -0.1) is 0 Å². The second-order valence-electron chi connectivity index (χ2n) is 2.95. The molecule has 5 nitrogen and oxygen atoms in total. The topological polar surface area (TPSA) is 68.9 Å². The van der Waals surface area contributed by atoms with Crippen LogP contribution in [0.1, 0.15) is 5.82 Å². The molecule has 0 saturated heterocycles. The van der Waals surface area contributed by atoms with Gasteiger partial charge in [-0.1, -0.05) is 0 Å². The molecule has 0 N–H and O–H groups in total. The summed E-state index contributed by atoms with van der Waals surface area (Å²) < 4.78 is 4.05. The van der Waals surface area contributed by atoms with E-state index in [0.717, 1.165) is 10.6 Å². The highest BCUT2D eigenvalue weighted by Crippen LogP contribution is 2.23. The molecule has 2 rings (SSSR count). The van der Waals surface area contributed by atoms with E-state index in [9.17, 15) is 10.1 Å². The Morgan fingerprint density at radius 1 is 1.33 bits per heavy atom. The zero-order chi connectivity index (χ0) is 10.8. The van der Waals surface area contributed by atoms with Gasteiger partial charge < -0.3 is 0 Å². The molecule has 76 valence electrons. The maximum atomic E-state index is 10.4. The van der Waals surface area contributed by atoms with Crippen molar-refractivity contribution in [1.82, 2.24) is 9.36 Å². The first kappa shape index (κ1) is 9.72. The minimum atomic E-state index is -0.421. The van der Waals surface area contributed by atoms with Crippen molar-refractivity contribution in [1.29, 1.82) is 0 Å². The van der Waals surface area contributed by atoms with Crippen molar-refractivity contribution in [2.45, 2.75) is 6.92 Å². The fourth-order valence-electron chi connectivity index (χ4n) is 1.14. The van der Waals surface area contributed by atoms with E-state index in [-0.39, 0.29) is 5.69 Å². The molecule has 1 aromatic carbocycles. The molecule has 0 bridgehead atoms. The Morgan fingerprint density at radius 2 is 2.00 bits per heavy atom. The van der Waals surface area contributed by atoms with Crippen LogP contribution in [0, 0.1) is 17.0 Å². The SMILES string of the molecule is Cc1nsc(-c2ccc([N+](=O)[O-])cc2)n1. The third-order valence-corrected chi connectivity index (χ3v) is 2.71. The molecule has 6 heteroatoms. The largest absolute Gasteiger partial charge is 0.269 e. The van der Waals surface area contributed by atoms with E-state index in [1.54, 1.807) is 12.1 Å². The van der Waals surface area contributed by atoms with Crippen LogP contribution in [0.4, 0.5) is 5.69 Å². The monoisotopic (exact) mass is 221 g/mol. The van der Waals surface area contributed by atoms with Crippen LogP contribution in [0.15, 0.2) is 24.3 Å². The molecule has 0 aliphatic rings. The van der Waals surface area contributed by atoms with Crippen molar-refractivity contribution in [2.75, 3.05) is 0 Å². The van der Waals surface area contributed by atoms with E-state index in [2.05, 4.69) is 9.36 Å². The van der Waals surface area contributed by atoms with Crippen LogP contribution in [-0.2, 0) is 0 Å². The molecular formula is C9H7N3O2S. The highest BCUT2D eigenvalue weighted by atomic mass is 32.1. The van der Waals surface area contributed by atoms with Crippen LogP contribution in [0.25, 0.3) is 10.6 Å². The third kappa shape index (κ3) is 1.99. The number of nitro groups is 1. The summed E-state index contributed by atoms with van der Waals surface area (Å²) >= 11 is 1.29. The summed E-state index contributed by atoms with van der Waals surface area (Å²) in [5, 5.41) is 11.2. The quantitative estimate of drug-likeness (QED) is 0.576. The molecule has 0 aliphatic heterocycles. The van der Waals surface area contributed by atoms with E-state index in [0.29, 0.717) is 5.82 Å². The third-order valence-electron chi connectivity index (χ3n) is 1.85. The van der Waals surface area contributed by atoms with Crippen molar-refractivity contribution in [2.24, 2.45) is 0 Å². The summed E-state index contributed by atoms with van der Waals surface area (Å²) in [7, 11) is 0. The summed E-state index contributed by atoms with van der Waals surface area (Å²) in [6.45, 7) is 1.81. The van der Waals surface area contributed by atoms with Gasteiger partial charge in [0.25, 0.3) is 5.69 Å².